The minimum atomic E-state index is -0.378. The molecule has 0 unspecified atom stereocenters. The van der Waals surface area contributed by atoms with E-state index in [1.54, 1.807) is 0 Å². The molecule has 24 heavy (non-hydrogen) atoms. The monoisotopic (exact) mass is 330 g/mol. The molecule has 2 aliphatic heterocycles. The Morgan fingerprint density at radius 3 is 2.50 bits per heavy atom. The lowest BCUT2D eigenvalue weighted by Crippen LogP contribution is -2.52. The van der Waals surface area contributed by atoms with E-state index in [2.05, 4.69) is 22.3 Å². The standard InChI is InChI=1S/C20H30N2O2/c1-21-12-7-17-8-13-22(14-9-17)19(23)20(10-15-24-16-11-20)18-5-3-2-4-6-18/h2-6,17,21H,7-16H2,1H3. The van der Waals surface area contributed by atoms with Crippen LogP contribution in [-0.2, 0) is 14.9 Å². The summed E-state index contributed by atoms with van der Waals surface area (Å²) in [4.78, 5) is 15.6. The number of carbonyl (C=O) groups is 1. The molecule has 2 saturated heterocycles. The number of likely N-dealkylation sites (tertiary alicyclic amines) is 1. The van der Waals surface area contributed by atoms with Gasteiger partial charge in [0, 0.05) is 26.3 Å². The Bertz CT molecular complexity index is 518. The molecule has 0 aliphatic carbocycles. The number of rotatable bonds is 5. The maximum atomic E-state index is 13.5. The van der Waals surface area contributed by atoms with Crippen molar-refractivity contribution in [2.24, 2.45) is 5.92 Å². The highest BCUT2D eigenvalue weighted by molar-refractivity contribution is 5.88. The summed E-state index contributed by atoms with van der Waals surface area (Å²) in [7, 11) is 2.01. The van der Waals surface area contributed by atoms with Crippen LogP contribution in [0.15, 0.2) is 30.3 Å². The van der Waals surface area contributed by atoms with Crippen LogP contribution in [0.2, 0.25) is 0 Å². The van der Waals surface area contributed by atoms with Crippen molar-refractivity contribution in [3.05, 3.63) is 35.9 Å². The number of hydrogen-bond acceptors (Lipinski definition) is 3. The van der Waals surface area contributed by atoms with Crippen molar-refractivity contribution < 1.29 is 9.53 Å². The Kier molecular flexibility index (Phi) is 5.90. The first-order chi connectivity index (χ1) is 11.8. The summed E-state index contributed by atoms with van der Waals surface area (Å²) in [6.45, 7) is 4.24. The number of hydrogen-bond donors (Lipinski definition) is 1. The summed E-state index contributed by atoms with van der Waals surface area (Å²) in [6, 6.07) is 10.3. The van der Waals surface area contributed by atoms with Crippen LogP contribution in [-0.4, -0.2) is 50.7 Å². The number of nitrogens with zero attached hydrogens (tertiary/aromatic N) is 1. The summed E-state index contributed by atoms with van der Waals surface area (Å²) < 4.78 is 5.57. The molecule has 0 atom stereocenters. The third-order valence-electron chi connectivity index (χ3n) is 5.79. The van der Waals surface area contributed by atoms with Gasteiger partial charge in [-0.1, -0.05) is 30.3 Å². The maximum absolute atomic E-state index is 13.5. The van der Waals surface area contributed by atoms with Crippen molar-refractivity contribution in [1.29, 1.82) is 0 Å². The predicted octanol–water partition coefficient (Wildman–Crippen LogP) is 2.58. The number of carbonyl (C=O) groups excluding carboxylic acids is 1. The maximum Gasteiger partial charge on any atom is 0.233 e. The van der Waals surface area contributed by atoms with E-state index in [0.717, 1.165) is 56.8 Å². The van der Waals surface area contributed by atoms with Crippen LogP contribution >= 0.6 is 0 Å². The molecule has 132 valence electrons. The molecule has 1 aromatic rings. The molecular formula is C20H30N2O2. The van der Waals surface area contributed by atoms with Gasteiger partial charge in [-0.25, -0.2) is 0 Å². The lowest BCUT2D eigenvalue weighted by atomic mass is 9.72. The average molecular weight is 330 g/mol. The summed E-state index contributed by atoms with van der Waals surface area (Å²) in [5, 5.41) is 3.23. The lowest BCUT2D eigenvalue weighted by Gasteiger charge is -2.42. The zero-order valence-electron chi connectivity index (χ0n) is 14.8. The molecule has 2 aliphatic rings. The minimum Gasteiger partial charge on any atom is -0.381 e. The Morgan fingerprint density at radius 1 is 1.21 bits per heavy atom. The van der Waals surface area contributed by atoms with Gasteiger partial charge in [-0.3, -0.25) is 4.79 Å². The van der Waals surface area contributed by atoms with Crippen LogP contribution in [0.5, 0.6) is 0 Å². The highest BCUT2D eigenvalue weighted by Gasteiger charge is 2.44. The average Bonchev–Trinajstić information content (AvgIpc) is 2.67. The molecule has 0 spiro atoms. The van der Waals surface area contributed by atoms with Gasteiger partial charge in [-0.2, -0.15) is 0 Å². The minimum absolute atomic E-state index is 0.323. The second kappa shape index (κ2) is 8.13. The number of nitrogens with one attached hydrogen (secondary N) is 1. The lowest BCUT2D eigenvalue weighted by molar-refractivity contribution is -0.142. The molecule has 4 nitrogen and oxygen atoms in total. The van der Waals surface area contributed by atoms with E-state index < -0.39 is 0 Å². The number of ether oxygens (including phenoxy) is 1. The number of benzene rings is 1. The Balaban J connectivity index is 1.71. The van der Waals surface area contributed by atoms with Crippen molar-refractivity contribution in [3.63, 3.8) is 0 Å². The fraction of sp³-hybridized carbons (Fsp3) is 0.650. The van der Waals surface area contributed by atoms with Gasteiger partial charge in [0.2, 0.25) is 5.91 Å². The van der Waals surface area contributed by atoms with E-state index in [4.69, 9.17) is 4.74 Å². The van der Waals surface area contributed by atoms with Gasteiger partial charge in [0.1, 0.15) is 0 Å². The van der Waals surface area contributed by atoms with E-state index >= 15 is 0 Å². The van der Waals surface area contributed by atoms with E-state index in [-0.39, 0.29) is 5.41 Å². The van der Waals surface area contributed by atoms with Crippen molar-refractivity contribution in [2.75, 3.05) is 39.9 Å². The second-order valence-electron chi connectivity index (χ2n) is 7.19. The summed E-state index contributed by atoms with van der Waals surface area (Å²) in [5.74, 6) is 1.08. The van der Waals surface area contributed by atoms with Crippen LogP contribution in [0.3, 0.4) is 0 Å². The van der Waals surface area contributed by atoms with Crippen LogP contribution < -0.4 is 5.32 Å². The SMILES string of the molecule is CNCCC1CCN(C(=O)C2(c3ccccc3)CCOCC2)CC1. The van der Waals surface area contributed by atoms with Crippen LogP contribution in [0.4, 0.5) is 0 Å². The van der Waals surface area contributed by atoms with Gasteiger partial charge in [0.05, 0.1) is 5.41 Å². The molecule has 0 bridgehead atoms. The van der Waals surface area contributed by atoms with Crippen molar-refractivity contribution >= 4 is 5.91 Å². The second-order valence-corrected chi connectivity index (χ2v) is 7.19. The first-order valence-electron chi connectivity index (χ1n) is 9.33. The normalized spacial score (nSPS) is 21.6. The summed E-state index contributed by atoms with van der Waals surface area (Å²) in [6.07, 6.45) is 5.09. The molecule has 4 heteroatoms. The highest BCUT2D eigenvalue weighted by Crippen LogP contribution is 2.37. The van der Waals surface area contributed by atoms with Crippen molar-refractivity contribution in [1.82, 2.24) is 10.2 Å². The van der Waals surface area contributed by atoms with Crippen molar-refractivity contribution in [3.8, 4) is 0 Å². The molecular weight excluding hydrogens is 300 g/mol. The van der Waals surface area contributed by atoms with E-state index in [1.807, 2.05) is 25.2 Å². The third-order valence-corrected chi connectivity index (χ3v) is 5.79. The summed E-state index contributed by atoms with van der Waals surface area (Å²) >= 11 is 0. The van der Waals surface area contributed by atoms with Gasteiger partial charge >= 0.3 is 0 Å². The van der Waals surface area contributed by atoms with Crippen LogP contribution in [0.25, 0.3) is 0 Å². The van der Waals surface area contributed by atoms with E-state index in [9.17, 15) is 4.79 Å². The first kappa shape index (κ1) is 17.4. The molecule has 1 N–H and O–H groups in total. The van der Waals surface area contributed by atoms with Crippen LogP contribution in [0.1, 0.15) is 37.7 Å². The molecule has 2 heterocycles. The quantitative estimate of drug-likeness (QED) is 0.902. The van der Waals surface area contributed by atoms with Crippen LogP contribution in [0, 0.1) is 5.92 Å². The molecule has 0 radical (unpaired) electrons. The molecule has 0 aromatic heterocycles. The fourth-order valence-corrected chi connectivity index (χ4v) is 4.18. The fourth-order valence-electron chi connectivity index (χ4n) is 4.18. The predicted molar refractivity (Wildman–Crippen MR) is 96.0 cm³/mol. The summed E-state index contributed by atoms with van der Waals surface area (Å²) in [5.41, 5.74) is 0.785. The first-order valence-corrected chi connectivity index (χ1v) is 9.33. The molecule has 2 fully saturated rings. The van der Waals surface area contributed by atoms with Gasteiger partial charge in [-0.15, -0.1) is 0 Å². The molecule has 1 aromatic carbocycles. The molecule has 1 amide bonds. The van der Waals surface area contributed by atoms with Gasteiger partial charge < -0.3 is 15.0 Å². The van der Waals surface area contributed by atoms with Gasteiger partial charge in [-0.05, 0) is 57.2 Å². The topological polar surface area (TPSA) is 41.6 Å². The Hall–Kier alpha value is -1.39. The molecule has 3 rings (SSSR count). The largest absolute Gasteiger partial charge is 0.381 e. The Labute approximate surface area is 145 Å². The zero-order valence-corrected chi connectivity index (χ0v) is 14.8. The zero-order chi connectivity index (χ0) is 16.8. The van der Waals surface area contributed by atoms with Crippen molar-refractivity contribution in [2.45, 2.75) is 37.5 Å². The third kappa shape index (κ3) is 3.65. The Morgan fingerprint density at radius 2 is 1.88 bits per heavy atom. The van der Waals surface area contributed by atoms with E-state index in [0.29, 0.717) is 19.1 Å². The molecule has 0 saturated carbocycles. The number of piperidine rings is 1. The highest BCUT2D eigenvalue weighted by atomic mass is 16.5. The number of amides is 1. The van der Waals surface area contributed by atoms with Gasteiger partial charge in [0.15, 0.2) is 0 Å². The smallest absolute Gasteiger partial charge is 0.233 e. The van der Waals surface area contributed by atoms with Gasteiger partial charge in [0.25, 0.3) is 0 Å². The van der Waals surface area contributed by atoms with E-state index in [1.165, 1.54) is 6.42 Å².